The molecule has 4 heteroatoms. The minimum Gasteiger partial charge on any atom is -0.327 e. The van der Waals surface area contributed by atoms with Crippen LogP contribution in [0.1, 0.15) is 15.4 Å². The van der Waals surface area contributed by atoms with Gasteiger partial charge in [-0.15, -0.1) is 11.3 Å². The van der Waals surface area contributed by atoms with Crippen molar-refractivity contribution in [2.24, 2.45) is 5.73 Å². The molecule has 17 heavy (non-hydrogen) atoms. The summed E-state index contributed by atoms with van der Waals surface area (Å²) in [4.78, 5) is 5.51. The fourth-order valence-electron chi connectivity index (χ4n) is 1.78. The quantitative estimate of drug-likeness (QED) is 0.940. The molecule has 1 aromatic heterocycles. The van der Waals surface area contributed by atoms with E-state index in [1.807, 2.05) is 25.3 Å². The highest BCUT2D eigenvalue weighted by Gasteiger charge is 2.09. The summed E-state index contributed by atoms with van der Waals surface area (Å²) in [6.45, 7) is 2.02. The van der Waals surface area contributed by atoms with E-state index < -0.39 is 0 Å². The van der Waals surface area contributed by atoms with Crippen LogP contribution >= 0.6 is 27.3 Å². The molecule has 0 spiro atoms. The largest absolute Gasteiger partial charge is 0.327 e. The normalized spacial score (nSPS) is 12.6. The molecule has 1 atom stereocenters. The van der Waals surface area contributed by atoms with E-state index in [2.05, 4.69) is 33.0 Å². The Morgan fingerprint density at radius 2 is 2.12 bits per heavy atom. The molecule has 2 rings (SSSR count). The van der Waals surface area contributed by atoms with E-state index in [4.69, 9.17) is 5.73 Å². The fourth-order valence-corrected chi connectivity index (χ4v) is 3.11. The zero-order valence-corrected chi connectivity index (χ0v) is 12.1. The molecule has 1 heterocycles. The fraction of sp³-hybridized carbons (Fsp3) is 0.308. The molecule has 0 fully saturated rings. The van der Waals surface area contributed by atoms with Gasteiger partial charge in [-0.2, -0.15) is 0 Å². The molecular formula is C13H15BrN2S. The average molecular weight is 311 g/mol. The highest BCUT2D eigenvalue weighted by molar-refractivity contribution is 9.10. The van der Waals surface area contributed by atoms with Crippen LogP contribution in [-0.2, 0) is 12.8 Å². The smallest absolute Gasteiger partial charge is 0.0896 e. The van der Waals surface area contributed by atoms with Gasteiger partial charge in [0, 0.05) is 21.6 Å². The highest BCUT2D eigenvalue weighted by Crippen LogP contribution is 2.19. The van der Waals surface area contributed by atoms with Crippen LogP contribution in [0.2, 0.25) is 0 Å². The Morgan fingerprint density at radius 3 is 2.76 bits per heavy atom. The molecule has 2 N–H and O–H groups in total. The molecular weight excluding hydrogens is 296 g/mol. The van der Waals surface area contributed by atoms with Crippen LogP contribution < -0.4 is 5.73 Å². The minimum atomic E-state index is 0.147. The number of hydrogen-bond acceptors (Lipinski definition) is 3. The van der Waals surface area contributed by atoms with E-state index in [0.29, 0.717) is 0 Å². The summed E-state index contributed by atoms with van der Waals surface area (Å²) in [5.74, 6) is 0. The summed E-state index contributed by atoms with van der Waals surface area (Å²) in [6.07, 6.45) is 3.71. The van der Waals surface area contributed by atoms with Crippen LogP contribution in [0.4, 0.5) is 0 Å². The van der Waals surface area contributed by atoms with Crippen LogP contribution in [0.25, 0.3) is 0 Å². The number of hydrogen-bond donors (Lipinski definition) is 1. The van der Waals surface area contributed by atoms with E-state index >= 15 is 0 Å². The lowest BCUT2D eigenvalue weighted by Gasteiger charge is -2.11. The summed E-state index contributed by atoms with van der Waals surface area (Å²) in [5, 5.41) is 1.10. The predicted molar refractivity (Wildman–Crippen MR) is 76.4 cm³/mol. The van der Waals surface area contributed by atoms with Crippen LogP contribution in [0.15, 0.2) is 34.9 Å². The third-order valence-electron chi connectivity index (χ3n) is 2.57. The number of rotatable bonds is 4. The van der Waals surface area contributed by atoms with E-state index in [0.717, 1.165) is 22.3 Å². The van der Waals surface area contributed by atoms with Gasteiger partial charge in [-0.1, -0.05) is 34.1 Å². The van der Waals surface area contributed by atoms with Crippen molar-refractivity contribution in [3.8, 4) is 0 Å². The van der Waals surface area contributed by atoms with Gasteiger partial charge in [0.2, 0.25) is 0 Å². The molecule has 0 aliphatic heterocycles. The van der Waals surface area contributed by atoms with Crippen molar-refractivity contribution in [3.63, 3.8) is 0 Å². The van der Waals surface area contributed by atoms with Gasteiger partial charge in [-0.3, -0.25) is 0 Å². The second-order valence-electron chi connectivity index (χ2n) is 4.11. The Balaban J connectivity index is 1.98. The second-order valence-corrected chi connectivity index (χ2v) is 6.28. The van der Waals surface area contributed by atoms with Gasteiger partial charge in [-0.25, -0.2) is 4.98 Å². The molecule has 0 bridgehead atoms. The van der Waals surface area contributed by atoms with Crippen molar-refractivity contribution in [1.29, 1.82) is 0 Å². The Morgan fingerprint density at radius 1 is 1.35 bits per heavy atom. The summed E-state index contributed by atoms with van der Waals surface area (Å²) < 4.78 is 1.14. The van der Waals surface area contributed by atoms with Crippen LogP contribution in [-0.4, -0.2) is 11.0 Å². The van der Waals surface area contributed by atoms with Gasteiger partial charge < -0.3 is 5.73 Å². The third kappa shape index (κ3) is 3.63. The number of thiazole rings is 1. The number of aromatic nitrogens is 1. The summed E-state index contributed by atoms with van der Waals surface area (Å²) >= 11 is 5.28. The molecule has 0 aliphatic rings. The Hall–Kier alpha value is -0.710. The Bertz CT molecular complexity index is 496. The molecule has 1 unspecified atom stereocenters. The van der Waals surface area contributed by atoms with Crippen molar-refractivity contribution < 1.29 is 0 Å². The molecule has 0 amide bonds. The van der Waals surface area contributed by atoms with E-state index in [-0.39, 0.29) is 6.04 Å². The third-order valence-corrected chi connectivity index (χ3v) is 4.28. The Kier molecular flexibility index (Phi) is 4.31. The predicted octanol–water partition coefficient (Wildman–Crippen LogP) is 3.33. The molecule has 1 aromatic carbocycles. The maximum absolute atomic E-state index is 6.17. The molecule has 0 saturated heterocycles. The minimum absolute atomic E-state index is 0.147. The number of benzene rings is 1. The molecule has 2 nitrogen and oxygen atoms in total. The van der Waals surface area contributed by atoms with E-state index in [1.54, 1.807) is 11.3 Å². The van der Waals surface area contributed by atoms with Gasteiger partial charge in [0.25, 0.3) is 0 Å². The first-order valence-electron chi connectivity index (χ1n) is 5.55. The van der Waals surface area contributed by atoms with Gasteiger partial charge in [0.1, 0.15) is 0 Å². The first-order chi connectivity index (χ1) is 8.15. The number of aryl methyl sites for hydroxylation is 1. The summed E-state index contributed by atoms with van der Waals surface area (Å²) in [7, 11) is 0. The van der Waals surface area contributed by atoms with Crippen molar-refractivity contribution in [2.75, 3.05) is 0 Å². The van der Waals surface area contributed by atoms with Crippen molar-refractivity contribution in [1.82, 2.24) is 4.98 Å². The summed E-state index contributed by atoms with van der Waals surface area (Å²) in [6, 6.07) is 8.38. The molecule has 0 aliphatic carbocycles. The van der Waals surface area contributed by atoms with E-state index in [9.17, 15) is 0 Å². The molecule has 0 radical (unpaired) electrons. The first-order valence-corrected chi connectivity index (χ1v) is 7.16. The lowest BCUT2D eigenvalue weighted by atomic mass is 10.0. The number of halogens is 1. The maximum atomic E-state index is 6.17. The highest BCUT2D eigenvalue weighted by atomic mass is 79.9. The van der Waals surface area contributed by atoms with E-state index in [1.165, 1.54) is 10.4 Å². The number of nitrogens with two attached hydrogens (primary N) is 1. The standard InChI is InChI=1S/C13H15BrN2S/c1-9-16-8-12(17-9)7-11(15)6-10-4-2-3-5-13(10)14/h2-5,8,11H,6-7,15H2,1H3. The van der Waals surface area contributed by atoms with Crippen LogP contribution in [0, 0.1) is 6.92 Å². The second kappa shape index (κ2) is 5.76. The van der Waals surface area contributed by atoms with Crippen LogP contribution in [0.5, 0.6) is 0 Å². The lowest BCUT2D eigenvalue weighted by molar-refractivity contribution is 0.668. The topological polar surface area (TPSA) is 38.9 Å². The SMILES string of the molecule is Cc1ncc(CC(N)Cc2ccccc2Br)s1. The Labute approximate surface area is 114 Å². The first kappa shape index (κ1) is 12.7. The average Bonchev–Trinajstić information content (AvgIpc) is 2.67. The van der Waals surface area contributed by atoms with Crippen molar-refractivity contribution in [3.05, 3.63) is 50.4 Å². The monoisotopic (exact) mass is 310 g/mol. The molecule has 2 aromatic rings. The van der Waals surface area contributed by atoms with Gasteiger partial charge in [-0.05, 0) is 31.4 Å². The van der Waals surface area contributed by atoms with Gasteiger partial charge in [0.05, 0.1) is 5.01 Å². The summed E-state index contributed by atoms with van der Waals surface area (Å²) in [5.41, 5.74) is 7.44. The molecule has 0 saturated carbocycles. The van der Waals surface area contributed by atoms with Crippen LogP contribution in [0.3, 0.4) is 0 Å². The van der Waals surface area contributed by atoms with Gasteiger partial charge in [0.15, 0.2) is 0 Å². The van der Waals surface area contributed by atoms with Crippen molar-refractivity contribution >= 4 is 27.3 Å². The number of nitrogens with zero attached hydrogens (tertiary/aromatic N) is 1. The maximum Gasteiger partial charge on any atom is 0.0896 e. The van der Waals surface area contributed by atoms with Gasteiger partial charge >= 0.3 is 0 Å². The zero-order valence-electron chi connectivity index (χ0n) is 9.69. The van der Waals surface area contributed by atoms with Crippen molar-refractivity contribution in [2.45, 2.75) is 25.8 Å². The lowest BCUT2D eigenvalue weighted by Crippen LogP contribution is -2.25. The molecule has 90 valence electrons. The zero-order chi connectivity index (χ0) is 12.3.